The number of aryl methyl sites for hydroxylation is 1. The molecule has 132 valence electrons. The van der Waals surface area contributed by atoms with E-state index in [1.807, 2.05) is 4.72 Å². The van der Waals surface area contributed by atoms with Crippen molar-refractivity contribution in [1.29, 1.82) is 0 Å². The Kier molecular flexibility index (Phi) is 4.47. The van der Waals surface area contributed by atoms with Gasteiger partial charge in [-0.1, -0.05) is 6.07 Å². The first-order chi connectivity index (χ1) is 11.8. The summed E-state index contributed by atoms with van der Waals surface area (Å²) in [5, 5.41) is 0. The minimum absolute atomic E-state index is 0.112. The van der Waals surface area contributed by atoms with Crippen LogP contribution >= 0.6 is 0 Å². The minimum Gasteiger partial charge on any atom is -0.312 e. The van der Waals surface area contributed by atoms with Gasteiger partial charge in [-0.25, -0.2) is 17.2 Å². The van der Waals surface area contributed by atoms with E-state index in [4.69, 9.17) is 0 Å². The molecule has 25 heavy (non-hydrogen) atoms. The first-order valence-electron chi connectivity index (χ1n) is 7.67. The fourth-order valence-corrected chi connectivity index (χ4v) is 3.98. The minimum atomic E-state index is -4.16. The SMILES string of the molecule is CC(=O)N1CCCc2cc(S(=O)(=O)Nc3c(F)cccc3F)ccc21. The van der Waals surface area contributed by atoms with E-state index in [2.05, 4.69) is 0 Å². The average molecular weight is 366 g/mol. The van der Waals surface area contributed by atoms with Gasteiger partial charge in [0.25, 0.3) is 10.0 Å². The smallest absolute Gasteiger partial charge is 0.262 e. The molecule has 0 bridgehead atoms. The number of carbonyl (C=O) groups is 1. The molecule has 2 aromatic rings. The standard InChI is InChI=1S/C17H16F2N2O3S/c1-11(22)21-9-3-4-12-10-13(7-8-16(12)21)25(23,24)20-17-14(18)5-2-6-15(17)19/h2,5-8,10,20H,3-4,9H2,1H3. The van der Waals surface area contributed by atoms with E-state index in [0.29, 0.717) is 30.6 Å². The highest BCUT2D eigenvalue weighted by molar-refractivity contribution is 7.92. The van der Waals surface area contributed by atoms with Gasteiger partial charge in [0.2, 0.25) is 5.91 Å². The van der Waals surface area contributed by atoms with Gasteiger partial charge in [-0.2, -0.15) is 0 Å². The van der Waals surface area contributed by atoms with Crippen LogP contribution in [0.15, 0.2) is 41.3 Å². The first kappa shape index (κ1) is 17.3. The number of rotatable bonds is 3. The van der Waals surface area contributed by atoms with Gasteiger partial charge in [0.15, 0.2) is 0 Å². The van der Waals surface area contributed by atoms with Crippen LogP contribution < -0.4 is 9.62 Å². The second kappa shape index (κ2) is 6.44. The predicted molar refractivity (Wildman–Crippen MR) is 90.0 cm³/mol. The van der Waals surface area contributed by atoms with Crippen molar-refractivity contribution in [3.8, 4) is 0 Å². The Morgan fingerprint density at radius 1 is 1.16 bits per heavy atom. The van der Waals surface area contributed by atoms with E-state index < -0.39 is 27.3 Å². The number of hydrogen-bond donors (Lipinski definition) is 1. The Bertz CT molecular complexity index is 925. The summed E-state index contributed by atoms with van der Waals surface area (Å²) in [5.41, 5.74) is 0.652. The van der Waals surface area contributed by atoms with Crippen LogP contribution in [0.4, 0.5) is 20.2 Å². The topological polar surface area (TPSA) is 66.5 Å². The number of sulfonamides is 1. The molecule has 1 aliphatic rings. The molecule has 0 radical (unpaired) electrons. The summed E-state index contributed by atoms with van der Waals surface area (Å²) in [7, 11) is -4.16. The van der Waals surface area contributed by atoms with Crippen LogP contribution in [0, 0.1) is 11.6 Å². The van der Waals surface area contributed by atoms with Gasteiger partial charge in [0.1, 0.15) is 17.3 Å². The molecule has 0 fully saturated rings. The number of fused-ring (bicyclic) bond motifs is 1. The van der Waals surface area contributed by atoms with Crippen molar-refractivity contribution in [2.24, 2.45) is 0 Å². The maximum absolute atomic E-state index is 13.7. The van der Waals surface area contributed by atoms with E-state index in [1.54, 1.807) is 11.0 Å². The number of halogens is 2. The molecule has 2 aromatic carbocycles. The molecule has 3 rings (SSSR count). The maximum atomic E-state index is 13.7. The number of para-hydroxylation sites is 1. The number of anilines is 2. The Morgan fingerprint density at radius 2 is 1.84 bits per heavy atom. The molecule has 1 N–H and O–H groups in total. The normalized spacial score (nSPS) is 14.1. The van der Waals surface area contributed by atoms with Gasteiger partial charge in [-0.15, -0.1) is 0 Å². The zero-order chi connectivity index (χ0) is 18.2. The van der Waals surface area contributed by atoms with Crippen LogP contribution in [0.3, 0.4) is 0 Å². The lowest BCUT2D eigenvalue weighted by molar-refractivity contribution is -0.116. The van der Waals surface area contributed by atoms with Crippen LogP contribution in [-0.2, 0) is 21.2 Å². The monoisotopic (exact) mass is 366 g/mol. The molecule has 0 saturated carbocycles. The molecule has 1 heterocycles. The molecular weight excluding hydrogens is 350 g/mol. The van der Waals surface area contributed by atoms with Crippen LogP contribution in [-0.4, -0.2) is 20.9 Å². The summed E-state index contributed by atoms with van der Waals surface area (Å²) in [4.78, 5) is 13.1. The van der Waals surface area contributed by atoms with Gasteiger partial charge in [0.05, 0.1) is 4.90 Å². The van der Waals surface area contributed by atoms with Crippen molar-refractivity contribution in [2.45, 2.75) is 24.7 Å². The summed E-state index contributed by atoms with van der Waals surface area (Å²) < 4.78 is 54.3. The second-order valence-corrected chi connectivity index (χ2v) is 7.45. The number of amides is 1. The zero-order valence-electron chi connectivity index (χ0n) is 13.4. The largest absolute Gasteiger partial charge is 0.312 e. The molecule has 0 atom stereocenters. The predicted octanol–water partition coefficient (Wildman–Crippen LogP) is 3.06. The highest BCUT2D eigenvalue weighted by Gasteiger charge is 2.24. The average Bonchev–Trinajstić information content (AvgIpc) is 2.57. The van der Waals surface area contributed by atoms with Crippen molar-refractivity contribution < 1.29 is 22.0 Å². The van der Waals surface area contributed by atoms with E-state index in [0.717, 1.165) is 18.2 Å². The second-order valence-electron chi connectivity index (χ2n) is 5.77. The van der Waals surface area contributed by atoms with E-state index in [9.17, 15) is 22.0 Å². The summed E-state index contributed by atoms with van der Waals surface area (Å²) in [6.45, 7) is 2.02. The van der Waals surface area contributed by atoms with Gasteiger partial charge in [-0.05, 0) is 48.7 Å². The van der Waals surface area contributed by atoms with Gasteiger partial charge in [-0.3, -0.25) is 9.52 Å². The van der Waals surface area contributed by atoms with E-state index in [1.165, 1.54) is 19.1 Å². The van der Waals surface area contributed by atoms with Crippen molar-refractivity contribution in [3.63, 3.8) is 0 Å². The van der Waals surface area contributed by atoms with E-state index in [-0.39, 0.29) is 10.8 Å². The van der Waals surface area contributed by atoms with Crippen LogP contribution in [0.25, 0.3) is 0 Å². The third-order valence-electron chi connectivity index (χ3n) is 4.06. The van der Waals surface area contributed by atoms with Crippen molar-refractivity contribution in [2.75, 3.05) is 16.2 Å². The molecule has 1 aliphatic heterocycles. The third kappa shape index (κ3) is 3.34. The quantitative estimate of drug-likeness (QED) is 0.908. The lowest BCUT2D eigenvalue weighted by atomic mass is 10.0. The zero-order valence-corrected chi connectivity index (χ0v) is 14.2. The van der Waals surface area contributed by atoms with Crippen molar-refractivity contribution >= 4 is 27.3 Å². The number of nitrogens with zero attached hydrogens (tertiary/aromatic N) is 1. The van der Waals surface area contributed by atoms with Crippen LogP contribution in [0.5, 0.6) is 0 Å². The third-order valence-corrected chi connectivity index (χ3v) is 5.41. The molecule has 1 amide bonds. The Labute approximate surface area is 144 Å². The van der Waals surface area contributed by atoms with Gasteiger partial charge >= 0.3 is 0 Å². The highest BCUT2D eigenvalue weighted by atomic mass is 32.2. The lowest BCUT2D eigenvalue weighted by Crippen LogP contribution is -2.33. The molecule has 0 saturated heterocycles. The maximum Gasteiger partial charge on any atom is 0.262 e. The molecule has 0 spiro atoms. The summed E-state index contributed by atoms with van der Waals surface area (Å²) >= 11 is 0. The summed E-state index contributed by atoms with van der Waals surface area (Å²) in [6.07, 6.45) is 1.34. The molecule has 0 aromatic heterocycles. The van der Waals surface area contributed by atoms with Crippen molar-refractivity contribution in [3.05, 3.63) is 53.6 Å². The Morgan fingerprint density at radius 3 is 2.48 bits per heavy atom. The number of nitrogens with one attached hydrogen (secondary N) is 1. The Balaban J connectivity index is 1.98. The fourth-order valence-electron chi connectivity index (χ4n) is 2.86. The summed E-state index contributed by atoms with van der Waals surface area (Å²) in [6, 6.07) is 7.39. The number of benzene rings is 2. The van der Waals surface area contributed by atoms with Crippen molar-refractivity contribution in [1.82, 2.24) is 0 Å². The lowest BCUT2D eigenvalue weighted by Gasteiger charge is -2.28. The molecular formula is C17H16F2N2O3S. The molecule has 5 nitrogen and oxygen atoms in total. The fraction of sp³-hybridized carbons (Fsp3) is 0.235. The summed E-state index contributed by atoms with van der Waals surface area (Å²) in [5.74, 6) is -2.11. The molecule has 0 unspecified atom stereocenters. The number of hydrogen-bond acceptors (Lipinski definition) is 3. The molecule has 8 heteroatoms. The molecule has 0 aliphatic carbocycles. The number of carbonyl (C=O) groups excluding carboxylic acids is 1. The Hall–Kier alpha value is -2.48. The van der Waals surface area contributed by atoms with E-state index >= 15 is 0 Å². The van der Waals surface area contributed by atoms with Gasteiger partial charge < -0.3 is 4.90 Å². The van der Waals surface area contributed by atoms with Crippen LogP contribution in [0.1, 0.15) is 18.9 Å². The first-order valence-corrected chi connectivity index (χ1v) is 9.16. The highest BCUT2D eigenvalue weighted by Crippen LogP contribution is 2.30. The van der Waals surface area contributed by atoms with Crippen LogP contribution in [0.2, 0.25) is 0 Å². The van der Waals surface area contributed by atoms with Gasteiger partial charge in [0, 0.05) is 19.2 Å².